The van der Waals surface area contributed by atoms with Gasteiger partial charge in [-0.3, -0.25) is 0 Å². The van der Waals surface area contributed by atoms with Gasteiger partial charge < -0.3 is 9.97 Å². The highest BCUT2D eigenvalue weighted by Crippen LogP contribution is 2.54. The van der Waals surface area contributed by atoms with Gasteiger partial charge in [-0.15, -0.1) is 0 Å². The molecule has 0 saturated carbocycles. The molecule has 24 heteroatoms. The summed E-state index contributed by atoms with van der Waals surface area (Å²) in [5.74, 6) is 0.513. The lowest BCUT2D eigenvalue weighted by molar-refractivity contribution is 1.19. The van der Waals surface area contributed by atoms with Crippen LogP contribution in [0.15, 0.2) is 35.8 Å². The smallest absolute Gasteiger partial charge is 0.166 e. The van der Waals surface area contributed by atoms with Gasteiger partial charge in [-0.25, -0.2) is 29.9 Å². The van der Waals surface area contributed by atoms with Gasteiger partial charge >= 0.3 is 0 Å². The minimum absolute atomic E-state index is 0.128. The number of hydrogen-bond donors (Lipinski definition) is 2. The van der Waals surface area contributed by atoms with Gasteiger partial charge in [0, 0.05) is 21.5 Å². The summed E-state index contributed by atoms with van der Waals surface area (Å²) in [4.78, 5) is 36.3. The Kier molecular flexibility index (Phi) is 11.2. The van der Waals surface area contributed by atoms with Gasteiger partial charge in [0.25, 0.3) is 0 Å². The second kappa shape index (κ2) is 15.0. The summed E-state index contributed by atoms with van der Waals surface area (Å²) >= 11 is 84.7. The molecule has 3 aromatic heterocycles. The van der Waals surface area contributed by atoms with Crippen LogP contribution in [-0.2, 0) is 0 Å². The molecule has 7 aromatic rings. The van der Waals surface area contributed by atoms with Crippen molar-refractivity contribution in [3.63, 3.8) is 0 Å². The van der Waals surface area contributed by atoms with E-state index in [0.717, 1.165) is 0 Å². The second-order valence-corrected chi connectivity index (χ2v) is 21.0. The van der Waals surface area contributed by atoms with Gasteiger partial charge in [0.15, 0.2) is 23.3 Å². The van der Waals surface area contributed by atoms with E-state index in [1.54, 1.807) is 0 Å². The first-order valence-electron chi connectivity index (χ1n) is 14.7. The molecule has 8 bridgehead atoms. The highest BCUT2D eigenvalue weighted by molar-refractivity contribution is 9.14. The zero-order valence-corrected chi connectivity index (χ0v) is 44.5. The molecule has 0 radical (unpaired) electrons. The summed E-state index contributed by atoms with van der Waals surface area (Å²) in [6, 6.07) is 0. The SMILES string of the molecule is Clc1c(Br)c(Br)c(Cl)c2c1-c1nc-2nc2[nH]c(nc3nc(nc4[nH]c(n1)c1c(Cl)c(Br)c(Br)c(Cl)c41)-c1c(Cl)c(Br)c(Br)c(Cl)c1-3)c1c(Cl)c(Br)c(Br)c(Cl)c21. The highest BCUT2D eigenvalue weighted by atomic mass is 79.9. The van der Waals surface area contributed by atoms with Gasteiger partial charge in [-0.05, 0) is 127 Å². The lowest BCUT2D eigenvalue weighted by Crippen LogP contribution is -1.89. The third-order valence-corrected chi connectivity index (χ3v) is 22.0. The first kappa shape index (κ1) is 41.7. The van der Waals surface area contributed by atoms with E-state index in [0.29, 0.717) is 79.6 Å². The monoisotopic (exact) mass is 1410 g/mol. The maximum Gasteiger partial charge on any atom is 0.166 e. The molecule has 9 rings (SSSR count). The fourth-order valence-corrected chi connectivity index (χ4v) is 12.5. The summed E-state index contributed by atoms with van der Waals surface area (Å²) in [5.41, 5.74) is 2.34. The zero-order chi connectivity index (χ0) is 40.1. The van der Waals surface area contributed by atoms with E-state index < -0.39 is 0 Å². The number of benzene rings is 4. The zero-order valence-electron chi connectivity index (χ0n) is 25.7. The Morgan fingerprint density at radius 1 is 0.268 bits per heavy atom. The molecule has 2 aliphatic heterocycles. The number of nitrogens with one attached hydrogen (secondary N) is 2. The van der Waals surface area contributed by atoms with Gasteiger partial charge in [-0.2, -0.15) is 0 Å². The van der Waals surface area contributed by atoms with Crippen LogP contribution in [0.3, 0.4) is 0 Å². The molecule has 0 unspecified atom stereocenters. The molecule has 56 heavy (non-hydrogen) atoms. The van der Waals surface area contributed by atoms with E-state index in [1.165, 1.54) is 0 Å². The van der Waals surface area contributed by atoms with E-state index in [9.17, 15) is 0 Å². The maximum absolute atomic E-state index is 7.04. The van der Waals surface area contributed by atoms with Crippen molar-refractivity contribution in [2.24, 2.45) is 0 Å². The topological polar surface area (TPSA) is 109 Å². The molecule has 0 spiro atoms. The van der Waals surface area contributed by atoms with Crippen molar-refractivity contribution in [1.82, 2.24) is 39.9 Å². The molecule has 0 saturated heterocycles. The van der Waals surface area contributed by atoms with Gasteiger partial charge in [0.05, 0.1) is 98.2 Å². The molecule has 0 aliphatic carbocycles. The van der Waals surface area contributed by atoms with Crippen molar-refractivity contribution in [2.75, 3.05) is 0 Å². The Balaban J connectivity index is 1.61. The number of H-pyrrole nitrogens is 2. The first-order chi connectivity index (χ1) is 26.4. The van der Waals surface area contributed by atoms with Crippen molar-refractivity contribution < 1.29 is 0 Å². The van der Waals surface area contributed by atoms with Crippen LogP contribution in [0.4, 0.5) is 0 Å². The first-order valence-corrected chi connectivity index (χ1v) is 24.1. The molecular formula is C32H2Br8Cl8N8. The summed E-state index contributed by atoms with van der Waals surface area (Å²) in [6.07, 6.45) is 0. The van der Waals surface area contributed by atoms with Crippen LogP contribution in [0.25, 0.3) is 89.7 Å². The number of hydrogen-bond acceptors (Lipinski definition) is 6. The summed E-state index contributed by atoms with van der Waals surface area (Å²) in [7, 11) is 0. The molecule has 5 heterocycles. The molecule has 0 fully saturated rings. The lowest BCUT2D eigenvalue weighted by atomic mass is 10.1. The second-order valence-electron chi connectivity index (χ2n) is 11.6. The third kappa shape index (κ3) is 6.03. The van der Waals surface area contributed by atoms with Crippen molar-refractivity contribution >= 4 is 264 Å². The van der Waals surface area contributed by atoms with Crippen LogP contribution in [0, 0.1) is 0 Å². The fraction of sp³-hybridized carbons (Fsp3) is 0. The molecule has 0 amide bonds. The molecule has 4 aromatic carbocycles. The highest BCUT2D eigenvalue weighted by Gasteiger charge is 2.33. The number of rotatable bonds is 0. The predicted molar refractivity (Wildman–Crippen MR) is 258 cm³/mol. The number of fused-ring (bicyclic) bond motifs is 20. The van der Waals surface area contributed by atoms with Crippen molar-refractivity contribution in [1.29, 1.82) is 0 Å². The summed E-state index contributed by atoms with van der Waals surface area (Å²) < 4.78 is 3.73. The van der Waals surface area contributed by atoms with Crippen LogP contribution < -0.4 is 0 Å². The van der Waals surface area contributed by atoms with E-state index in [4.69, 9.17) is 123 Å². The largest absolute Gasteiger partial charge is 0.324 e. The molecule has 8 nitrogen and oxygen atoms in total. The van der Waals surface area contributed by atoms with Crippen molar-refractivity contribution in [3.8, 4) is 45.6 Å². The molecule has 0 atom stereocenters. The van der Waals surface area contributed by atoms with E-state index >= 15 is 0 Å². The van der Waals surface area contributed by atoms with E-state index in [-0.39, 0.29) is 86.1 Å². The molecule has 2 N–H and O–H groups in total. The number of aromatic nitrogens is 8. The number of halogens is 16. The molecular weight excluding hydrogens is 1420 g/mol. The minimum atomic E-state index is 0.128. The number of nitrogens with zero attached hydrogens (tertiary/aromatic N) is 6. The van der Waals surface area contributed by atoms with Gasteiger partial charge in [0.1, 0.15) is 22.6 Å². The third-order valence-electron chi connectivity index (χ3n) is 8.68. The van der Waals surface area contributed by atoms with E-state index in [2.05, 4.69) is 137 Å². The van der Waals surface area contributed by atoms with E-state index in [1.807, 2.05) is 0 Å². The Morgan fingerprint density at radius 3 is 0.643 bits per heavy atom. The Labute approximate surface area is 419 Å². The van der Waals surface area contributed by atoms with Crippen molar-refractivity contribution in [3.05, 3.63) is 76.0 Å². The van der Waals surface area contributed by atoms with Crippen LogP contribution in [0.1, 0.15) is 0 Å². The van der Waals surface area contributed by atoms with Gasteiger partial charge in [0.2, 0.25) is 0 Å². The van der Waals surface area contributed by atoms with Crippen LogP contribution >= 0.6 is 220 Å². The Bertz CT molecular complexity index is 2830. The maximum atomic E-state index is 7.04. The Hall–Kier alpha value is 0.400. The Morgan fingerprint density at radius 2 is 0.446 bits per heavy atom. The molecule has 282 valence electrons. The van der Waals surface area contributed by atoms with Gasteiger partial charge in [-0.1, -0.05) is 92.8 Å². The van der Waals surface area contributed by atoms with Crippen LogP contribution in [0.5, 0.6) is 0 Å². The summed E-state index contributed by atoms with van der Waals surface area (Å²) in [6.45, 7) is 0. The quantitative estimate of drug-likeness (QED) is 0.116. The predicted octanol–water partition coefficient (Wildman–Crippen LogP) is 18.2. The van der Waals surface area contributed by atoms with Crippen LogP contribution in [-0.4, -0.2) is 39.9 Å². The fourth-order valence-electron chi connectivity index (χ4n) is 6.24. The normalized spacial score (nSPS) is 12.3. The minimum Gasteiger partial charge on any atom is -0.324 e. The molecule has 2 aliphatic rings. The summed E-state index contributed by atoms with van der Waals surface area (Å²) in [5, 5.41) is 3.62. The standard InChI is InChI=1S/C32H2Br8Cl8N8/c33-9-10(34)18(42)2-1(17(9)41)25-49-26(2)54-28-5-6(22(46)14(38)13(37)21(5)45)30(51-28)56-32-8-7(23(47)15(39)16(40)24(8)48)31(52-32)55-29-4-3(27(50-29)53-25)19(43)11(35)12(36)20(4)44/h(H2,49,50,51,52,53,54,55,56). The lowest BCUT2D eigenvalue weighted by Gasteiger charge is -2.10. The average Bonchev–Trinajstić information content (AvgIpc) is 3.92. The van der Waals surface area contributed by atoms with Crippen molar-refractivity contribution in [2.45, 2.75) is 0 Å². The van der Waals surface area contributed by atoms with Crippen LogP contribution in [0.2, 0.25) is 40.2 Å². The number of aromatic amines is 2. The average molecular weight is 1420 g/mol.